The van der Waals surface area contributed by atoms with E-state index in [2.05, 4.69) is 15.0 Å². The zero-order chi connectivity index (χ0) is 16.9. The number of nitrogens with two attached hydrogens (primary N) is 2. The predicted molar refractivity (Wildman–Crippen MR) is 86.6 cm³/mol. The third-order valence-electron chi connectivity index (χ3n) is 3.82. The number of carbonyl (C=O) groups excluding carboxylic acids is 1. The van der Waals surface area contributed by atoms with Crippen LogP contribution in [0.4, 0.5) is 5.82 Å². The van der Waals surface area contributed by atoms with E-state index in [4.69, 9.17) is 11.5 Å². The molecule has 0 atom stereocenters. The summed E-state index contributed by atoms with van der Waals surface area (Å²) in [5.74, 6) is -0.572. The van der Waals surface area contributed by atoms with Gasteiger partial charge in [-0.1, -0.05) is 0 Å². The Kier molecular flexibility index (Phi) is 3.17. The van der Waals surface area contributed by atoms with Crippen LogP contribution < -0.4 is 17.0 Å². The molecule has 0 saturated carbocycles. The first kappa shape index (κ1) is 14.8. The summed E-state index contributed by atoms with van der Waals surface area (Å²) in [5, 5.41) is 0. The molecule has 0 saturated heterocycles. The fourth-order valence-corrected chi connectivity index (χ4v) is 2.52. The zero-order valence-corrected chi connectivity index (χ0v) is 13.0. The van der Waals surface area contributed by atoms with Crippen molar-refractivity contribution in [3.8, 4) is 5.69 Å². The summed E-state index contributed by atoms with van der Waals surface area (Å²) in [6.07, 6.45) is 1.57. The summed E-state index contributed by atoms with van der Waals surface area (Å²) >= 11 is 0. The highest BCUT2D eigenvalue weighted by molar-refractivity contribution is 6.09. The highest BCUT2D eigenvalue weighted by Crippen LogP contribution is 2.30. The van der Waals surface area contributed by atoms with Crippen molar-refractivity contribution in [3.63, 3.8) is 0 Å². The lowest BCUT2D eigenvalue weighted by Crippen LogP contribution is -2.15. The van der Waals surface area contributed by atoms with Crippen LogP contribution in [0.5, 0.6) is 0 Å². The number of nitrogen functional groups attached to an aromatic ring is 1. The van der Waals surface area contributed by atoms with E-state index < -0.39 is 5.91 Å². The number of rotatable bonds is 2. The number of fused-ring (bicyclic) bond motifs is 1. The second kappa shape index (κ2) is 4.94. The van der Waals surface area contributed by atoms with Crippen molar-refractivity contribution < 1.29 is 4.79 Å². The summed E-state index contributed by atoms with van der Waals surface area (Å²) in [7, 11) is 0. The maximum atomic E-state index is 11.8. The number of H-pyrrole nitrogens is 1. The molecule has 0 fully saturated rings. The number of carbonyl (C=O) groups is 1. The van der Waals surface area contributed by atoms with Crippen LogP contribution in [0, 0.1) is 20.8 Å². The van der Waals surface area contributed by atoms with Gasteiger partial charge in [0.1, 0.15) is 16.9 Å². The Morgan fingerprint density at radius 1 is 1.22 bits per heavy atom. The van der Waals surface area contributed by atoms with Crippen LogP contribution in [0.15, 0.2) is 17.1 Å². The number of nitrogens with one attached hydrogen (secondary N) is 1. The average molecular weight is 312 g/mol. The number of nitrogens with zero attached hydrogens (tertiary/aromatic N) is 3. The second-order valence-corrected chi connectivity index (χ2v) is 5.39. The third-order valence-corrected chi connectivity index (χ3v) is 3.82. The van der Waals surface area contributed by atoms with E-state index in [1.807, 2.05) is 13.8 Å². The molecule has 0 aliphatic carbocycles. The van der Waals surface area contributed by atoms with Crippen LogP contribution in [0.1, 0.15) is 27.3 Å². The van der Waals surface area contributed by atoms with Gasteiger partial charge in [-0.2, -0.15) is 0 Å². The molecule has 23 heavy (non-hydrogen) atoms. The Morgan fingerprint density at radius 3 is 2.52 bits per heavy atom. The van der Waals surface area contributed by atoms with E-state index in [0.717, 1.165) is 5.56 Å². The van der Waals surface area contributed by atoms with E-state index in [-0.39, 0.29) is 16.9 Å². The van der Waals surface area contributed by atoms with Gasteiger partial charge in [0.15, 0.2) is 5.65 Å². The number of aromatic amines is 1. The summed E-state index contributed by atoms with van der Waals surface area (Å²) < 4.78 is 1.54. The normalized spacial score (nSPS) is 11.1. The van der Waals surface area contributed by atoms with Gasteiger partial charge in [0.05, 0.1) is 17.1 Å². The van der Waals surface area contributed by atoms with Crippen molar-refractivity contribution >= 4 is 22.9 Å². The van der Waals surface area contributed by atoms with E-state index in [1.54, 1.807) is 17.7 Å². The minimum Gasteiger partial charge on any atom is -0.384 e. The maximum absolute atomic E-state index is 11.8. The summed E-state index contributed by atoms with van der Waals surface area (Å²) in [6, 6.07) is 1.40. The first-order valence-electron chi connectivity index (χ1n) is 6.96. The molecule has 0 aliphatic heterocycles. The predicted octanol–water partition coefficient (Wildman–Crippen LogP) is 0.715. The van der Waals surface area contributed by atoms with E-state index in [9.17, 15) is 9.59 Å². The van der Waals surface area contributed by atoms with Crippen LogP contribution in [0.3, 0.4) is 0 Å². The zero-order valence-electron chi connectivity index (χ0n) is 13.0. The van der Waals surface area contributed by atoms with Crippen molar-refractivity contribution in [2.24, 2.45) is 5.73 Å². The molecular weight excluding hydrogens is 296 g/mol. The molecule has 3 aromatic heterocycles. The molecular formula is C15H16N6O2. The number of hydrogen-bond donors (Lipinski definition) is 3. The van der Waals surface area contributed by atoms with Gasteiger partial charge in [0, 0.05) is 12.3 Å². The quantitative estimate of drug-likeness (QED) is 0.641. The molecule has 1 amide bonds. The molecule has 5 N–H and O–H groups in total. The molecule has 0 aromatic carbocycles. The van der Waals surface area contributed by atoms with Crippen LogP contribution >= 0.6 is 0 Å². The van der Waals surface area contributed by atoms with Gasteiger partial charge in [-0.25, -0.2) is 9.97 Å². The fraction of sp³-hybridized carbons (Fsp3) is 0.200. The standard InChI is InChI=1S/C15H16N6O2/c1-6-5-18-10(22)4-9(6)21-13(16)11(14(17)23)12-15(21)20-8(3)7(2)19-12/h4-5H,16H2,1-3H3,(H2,17,23)(H,18,22). The molecule has 118 valence electrons. The molecule has 0 spiro atoms. The van der Waals surface area contributed by atoms with Gasteiger partial charge in [0.25, 0.3) is 5.91 Å². The van der Waals surface area contributed by atoms with Gasteiger partial charge >= 0.3 is 0 Å². The Bertz CT molecular complexity index is 1010. The number of aryl methyl sites for hydroxylation is 3. The largest absolute Gasteiger partial charge is 0.384 e. The number of amides is 1. The minimum absolute atomic E-state index is 0.107. The summed E-state index contributed by atoms with van der Waals surface area (Å²) in [5.41, 5.74) is 14.8. The molecule has 8 nitrogen and oxygen atoms in total. The topological polar surface area (TPSA) is 133 Å². The first-order valence-corrected chi connectivity index (χ1v) is 6.96. The lowest BCUT2D eigenvalue weighted by molar-refractivity contribution is 0.100. The lowest BCUT2D eigenvalue weighted by atomic mass is 10.2. The van der Waals surface area contributed by atoms with Crippen LogP contribution in [0.2, 0.25) is 0 Å². The van der Waals surface area contributed by atoms with Gasteiger partial charge in [0.2, 0.25) is 5.56 Å². The molecule has 0 radical (unpaired) electrons. The van der Waals surface area contributed by atoms with Gasteiger partial charge in [-0.3, -0.25) is 14.2 Å². The van der Waals surface area contributed by atoms with Crippen LogP contribution in [-0.4, -0.2) is 25.4 Å². The van der Waals surface area contributed by atoms with E-state index in [1.165, 1.54) is 6.07 Å². The lowest BCUT2D eigenvalue weighted by Gasteiger charge is -2.10. The van der Waals surface area contributed by atoms with Crippen molar-refractivity contribution in [3.05, 3.63) is 45.1 Å². The fourth-order valence-electron chi connectivity index (χ4n) is 2.52. The maximum Gasteiger partial charge on any atom is 0.254 e. The summed E-state index contributed by atoms with van der Waals surface area (Å²) in [6.45, 7) is 5.41. The highest BCUT2D eigenvalue weighted by atomic mass is 16.1. The van der Waals surface area contributed by atoms with Crippen LogP contribution in [-0.2, 0) is 0 Å². The van der Waals surface area contributed by atoms with E-state index >= 15 is 0 Å². The van der Waals surface area contributed by atoms with Gasteiger partial charge < -0.3 is 16.5 Å². The minimum atomic E-state index is -0.689. The molecule has 0 unspecified atom stereocenters. The van der Waals surface area contributed by atoms with Crippen molar-refractivity contribution in [2.75, 3.05) is 5.73 Å². The average Bonchev–Trinajstić information content (AvgIpc) is 2.74. The first-order chi connectivity index (χ1) is 10.8. The Balaban J connectivity index is 2.53. The van der Waals surface area contributed by atoms with E-state index in [0.29, 0.717) is 28.2 Å². The summed E-state index contributed by atoms with van der Waals surface area (Å²) in [4.78, 5) is 35.0. The molecule has 0 bridgehead atoms. The number of primary amides is 1. The molecule has 0 aliphatic rings. The highest BCUT2D eigenvalue weighted by Gasteiger charge is 2.24. The number of aromatic nitrogens is 4. The number of hydrogen-bond acceptors (Lipinski definition) is 5. The number of anilines is 1. The number of pyridine rings is 1. The molecule has 3 aromatic rings. The molecule has 8 heteroatoms. The van der Waals surface area contributed by atoms with Crippen molar-refractivity contribution in [1.29, 1.82) is 0 Å². The molecule has 3 heterocycles. The monoisotopic (exact) mass is 312 g/mol. The van der Waals surface area contributed by atoms with Gasteiger partial charge in [-0.15, -0.1) is 0 Å². The van der Waals surface area contributed by atoms with Crippen molar-refractivity contribution in [2.45, 2.75) is 20.8 Å². The Morgan fingerprint density at radius 2 is 1.87 bits per heavy atom. The second-order valence-electron chi connectivity index (χ2n) is 5.39. The van der Waals surface area contributed by atoms with Gasteiger partial charge in [-0.05, 0) is 26.3 Å². The smallest absolute Gasteiger partial charge is 0.254 e. The SMILES string of the molecule is Cc1c[nH]c(=O)cc1-n1c(N)c(C(N)=O)c2nc(C)c(C)nc21. The Hall–Kier alpha value is -3.16. The van der Waals surface area contributed by atoms with Crippen molar-refractivity contribution in [1.82, 2.24) is 19.5 Å². The third kappa shape index (κ3) is 2.15. The Labute approximate surface area is 131 Å². The molecule has 3 rings (SSSR count). The van der Waals surface area contributed by atoms with Crippen LogP contribution in [0.25, 0.3) is 16.9 Å².